The van der Waals surface area contributed by atoms with Crippen molar-refractivity contribution in [2.45, 2.75) is 103 Å². The van der Waals surface area contributed by atoms with E-state index in [1.807, 2.05) is 39.0 Å². The Morgan fingerprint density at radius 1 is 0.953 bits per heavy atom. The molecule has 1 atom stereocenters. The monoisotopic (exact) mass is 595 g/mol. The summed E-state index contributed by atoms with van der Waals surface area (Å²) in [6, 6.07) is 10.4. The van der Waals surface area contributed by atoms with Crippen molar-refractivity contribution < 1.29 is 32.0 Å². The molecule has 3 aromatic rings. The lowest BCUT2D eigenvalue weighted by molar-refractivity contribution is -0.161. The lowest BCUT2D eigenvalue weighted by Gasteiger charge is -2.34. The van der Waals surface area contributed by atoms with Crippen LogP contribution in [0, 0.1) is 5.92 Å². The van der Waals surface area contributed by atoms with Gasteiger partial charge in [-0.25, -0.2) is 0 Å². The first-order chi connectivity index (χ1) is 20.3. The molecule has 0 radical (unpaired) electrons. The van der Waals surface area contributed by atoms with E-state index in [9.17, 15) is 22.8 Å². The second-order valence-corrected chi connectivity index (χ2v) is 13.1. The van der Waals surface area contributed by atoms with E-state index < -0.39 is 23.3 Å². The second-order valence-electron chi connectivity index (χ2n) is 13.1. The number of nitrogens with zero attached hydrogens (tertiary/aromatic N) is 3. The SMILES string of the molecule is CC(C)(C)OC(=O)C1CCC(N2Cc3ccc(-c4noc(-c5ccc(C6CCC(=O)C6)c(C(F)(F)F)c5)n4)cc3C2)CC1. The predicted octanol–water partition coefficient (Wildman–Crippen LogP) is 7.48. The average Bonchev–Trinajstić information content (AvgIpc) is 3.71. The third-order valence-electron chi connectivity index (χ3n) is 8.88. The van der Waals surface area contributed by atoms with Crippen LogP contribution < -0.4 is 0 Å². The third kappa shape index (κ3) is 6.39. The Balaban J connectivity index is 1.14. The summed E-state index contributed by atoms with van der Waals surface area (Å²) in [4.78, 5) is 31.1. The van der Waals surface area contributed by atoms with Crippen molar-refractivity contribution in [2.24, 2.45) is 5.92 Å². The lowest BCUT2D eigenvalue weighted by Crippen LogP contribution is -2.37. The number of benzene rings is 2. The van der Waals surface area contributed by atoms with Gasteiger partial charge < -0.3 is 9.26 Å². The van der Waals surface area contributed by atoms with Gasteiger partial charge in [0.05, 0.1) is 11.5 Å². The molecule has 10 heteroatoms. The first-order valence-electron chi connectivity index (χ1n) is 15.0. The Kier molecular flexibility index (Phi) is 7.69. The van der Waals surface area contributed by atoms with Crippen molar-refractivity contribution in [3.63, 3.8) is 0 Å². The highest BCUT2D eigenvalue weighted by atomic mass is 19.4. The second kappa shape index (κ2) is 11.2. The highest BCUT2D eigenvalue weighted by Gasteiger charge is 2.38. The van der Waals surface area contributed by atoms with E-state index in [4.69, 9.17) is 9.26 Å². The standard InChI is InChI=1S/C33H36F3N3O4/c1-32(2,3)42-31(41)19-6-10-25(11-7-19)39-17-23-5-4-21(14-24(23)18-39)29-37-30(43-38-29)22-9-13-27(20-8-12-26(40)15-20)28(16-22)33(34,35)36/h4-5,9,13-14,16,19-20,25H,6-8,10-12,15,17-18H2,1-3H3. The Bertz CT molecular complexity index is 1530. The molecule has 2 saturated carbocycles. The molecule has 2 fully saturated rings. The van der Waals surface area contributed by atoms with E-state index in [0.717, 1.165) is 56.0 Å². The van der Waals surface area contributed by atoms with Gasteiger partial charge in [-0.05, 0) is 93.7 Å². The van der Waals surface area contributed by atoms with Crippen molar-refractivity contribution in [1.29, 1.82) is 0 Å². The number of fused-ring (bicyclic) bond motifs is 1. The van der Waals surface area contributed by atoms with Crippen LogP contribution in [0.2, 0.25) is 0 Å². The van der Waals surface area contributed by atoms with Crippen molar-refractivity contribution >= 4 is 11.8 Å². The van der Waals surface area contributed by atoms with Gasteiger partial charge >= 0.3 is 12.1 Å². The summed E-state index contributed by atoms with van der Waals surface area (Å²) < 4.78 is 53.0. The van der Waals surface area contributed by atoms with Crippen LogP contribution in [-0.4, -0.2) is 38.4 Å². The fourth-order valence-corrected chi connectivity index (χ4v) is 6.71. The van der Waals surface area contributed by atoms with Crippen LogP contribution in [0.15, 0.2) is 40.9 Å². The molecule has 43 heavy (non-hydrogen) atoms. The first kappa shape index (κ1) is 29.5. The Morgan fingerprint density at radius 2 is 1.67 bits per heavy atom. The minimum atomic E-state index is -4.57. The first-order valence-corrected chi connectivity index (χ1v) is 15.0. The molecule has 0 spiro atoms. The number of carbonyl (C=O) groups excluding carboxylic acids is 2. The Labute approximate surface area is 248 Å². The number of aromatic nitrogens is 2. The van der Waals surface area contributed by atoms with Gasteiger partial charge in [-0.2, -0.15) is 18.2 Å². The summed E-state index contributed by atoms with van der Waals surface area (Å²) in [5.74, 6) is -0.258. The van der Waals surface area contributed by atoms with Gasteiger partial charge in [0.15, 0.2) is 0 Å². The topological polar surface area (TPSA) is 85.5 Å². The fourth-order valence-electron chi connectivity index (χ4n) is 6.71. The zero-order chi connectivity index (χ0) is 30.5. The minimum Gasteiger partial charge on any atom is -0.460 e. The average molecular weight is 596 g/mol. The van der Waals surface area contributed by atoms with Crippen LogP contribution in [0.5, 0.6) is 0 Å². The predicted molar refractivity (Wildman–Crippen MR) is 153 cm³/mol. The molecule has 2 aromatic carbocycles. The number of hydrogen-bond donors (Lipinski definition) is 0. The number of rotatable bonds is 5. The van der Waals surface area contributed by atoms with Crippen LogP contribution >= 0.6 is 0 Å². The molecule has 0 saturated heterocycles. The highest BCUT2D eigenvalue weighted by Crippen LogP contribution is 2.42. The van der Waals surface area contributed by atoms with Crippen molar-refractivity contribution in [3.8, 4) is 22.8 Å². The number of ketones is 1. The zero-order valence-corrected chi connectivity index (χ0v) is 24.7. The van der Waals surface area contributed by atoms with Crippen LogP contribution in [-0.2, 0) is 33.6 Å². The number of hydrogen-bond acceptors (Lipinski definition) is 7. The van der Waals surface area contributed by atoms with Crippen molar-refractivity contribution in [1.82, 2.24) is 15.0 Å². The largest absolute Gasteiger partial charge is 0.460 e. The van der Waals surface area contributed by atoms with E-state index in [0.29, 0.717) is 24.7 Å². The molecule has 228 valence electrons. The van der Waals surface area contributed by atoms with Crippen molar-refractivity contribution in [2.75, 3.05) is 0 Å². The maximum absolute atomic E-state index is 14.0. The molecule has 0 N–H and O–H groups in total. The quantitative estimate of drug-likeness (QED) is 0.283. The van der Waals surface area contributed by atoms with Crippen LogP contribution in [0.4, 0.5) is 13.2 Å². The van der Waals surface area contributed by atoms with Gasteiger partial charge in [0.25, 0.3) is 5.89 Å². The van der Waals surface area contributed by atoms with E-state index in [2.05, 4.69) is 15.0 Å². The molecule has 1 unspecified atom stereocenters. The molecule has 1 aliphatic heterocycles. The molecular weight excluding hydrogens is 559 g/mol. The third-order valence-corrected chi connectivity index (χ3v) is 8.88. The number of Topliss-reactive ketones (excluding diaryl/α,β-unsaturated/α-hetero) is 1. The molecule has 0 bridgehead atoms. The minimum absolute atomic E-state index is 0.00760. The summed E-state index contributed by atoms with van der Waals surface area (Å²) in [7, 11) is 0. The molecule has 1 aromatic heterocycles. The molecule has 3 aliphatic rings. The van der Waals surface area contributed by atoms with Gasteiger partial charge in [-0.3, -0.25) is 14.5 Å². The molecule has 7 nitrogen and oxygen atoms in total. The van der Waals surface area contributed by atoms with Crippen LogP contribution in [0.1, 0.15) is 93.9 Å². The number of halogens is 3. The lowest BCUT2D eigenvalue weighted by atomic mass is 9.85. The number of carbonyl (C=O) groups is 2. The van der Waals surface area contributed by atoms with Gasteiger partial charge in [0.1, 0.15) is 11.4 Å². The van der Waals surface area contributed by atoms with Gasteiger partial charge in [0, 0.05) is 43.1 Å². The number of ether oxygens (including phenoxy) is 1. The van der Waals surface area contributed by atoms with E-state index >= 15 is 0 Å². The van der Waals surface area contributed by atoms with Crippen molar-refractivity contribution in [3.05, 3.63) is 58.7 Å². The van der Waals surface area contributed by atoms with Crippen LogP contribution in [0.25, 0.3) is 22.8 Å². The fraction of sp³-hybridized carbons (Fsp3) is 0.515. The normalized spacial score (nSPS) is 23.0. The molecule has 6 rings (SSSR count). The van der Waals surface area contributed by atoms with Gasteiger partial charge in [-0.1, -0.05) is 23.4 Å². The maximum Gasteiger partial charge on any atom is 0.416 e. The van der Waals surface area contributed by atoms with Gasteiger partial charge in [0.2, 0.25) is 5.82 Å². The number of esters is 1. The van der Waals surface area contributed by atoms with E-state index in [1.165, 1.54) is 11.6 Å². The summed E-state index contributed by atoms with van der Waals surface area (Å²) in [6.45, 7) is 7.28. The van der Waals surface area contributed by atoms with E-state index in [1.54, 1.807) is 6.07 Å². The van der Waals surface area contributed by atoms with Crippen LogP contribution in [0.3, 0.4) is 0 Å². The van der Waals surface area contributed by atoms with Gasteiger partial charge in [-0.15, -0.1) is 0 Å². The summed E-state index contributed by atoms with van der Waals surface area (Å²) in [6.07, 6.45) is -0.182. The Hall–Kier alpha value is -3.53. The summed E-state index contributed by atoms with van der Waals surface area (Å²) >= 11 is 0. The molecular formula is C33H36F3N3O4. The Morgan fingerprint density at radius 3 is 2.35 bits per heavy atom. The summed E-state index contributed by atoms with van der Waals surface area (Å²) in [5, 5.41) is 4.08. The summed E-state index contributed by atoms with van der Waals surface area (Å²) in [5.41, 5.74) is 2.21. The molecule has 2 aliphatic carbocycles. The zero-order valence-electron chi connectivity index (χ0n) is 24.7. The van der Waals surface area contributed by atoms with E-state index in [-0.39, 0.29) is 41.1 Å². The smallest absolute Gasteiger partial charge is 0.416 e. The number of alkyl halides is 3. The maximum atomic E-state index is 14.0. The highest BCUT2D eigenvalue weighted by molar-refractivity contribution is 5.82. The molecule has 0 amide bonds. The molecule has 2 heterocycles.